The Labute approximate surface area is 98.5 Å². The second-order valence-electron chi connectivity index (χ2n) is 4.16. The number of hydrogen-bond acceptors (Lipinski definition) is 6. The van der Waals surface area contributed by atoms with Gasteiger partial charge in [0.05, 0.1) is 0 Å². The quantitative estimate of drug-likeness (QED) is 0.752. The van der Waals surface area contributed by atoms with E-state index in [1.54, 1.807) is 4.90 Å². The van der Waals surface area contributed by atoms with E-state index in [0.717, 1.165) is 19.3 Å². The minimum Gasteiger partial charge on any atom is -0.396 e. The van der Waals surface area contributed by atoms with Gasteiger partial charge in [0, 0.05) is 19.2 Å². The van der Waals surface area contributed by atoms with Gasteiger partial charge in [0.2, 0.25) is 11.5 Å². The Hall–Kier alpha value is -1.63. The van der Waals surface area contributed by atoms with Gasteiger partial charge in [-0.2, -0.15) is 0 Å². The molecular formula is C10H16N4O3. The molecule has 1 aromatic heterocycles. The molecule has 0 spiro atoms. The number of carbonyl (C=O) groups excluding carboxylic acids is 1. The van der Waals surface area contributed by atoms with Crippen molar-refractivity contribution >= 4 is 11.7 Å². The summed E-state index contributed by atoms with van der Waals surface area (Å²) in [5, 5.41) is 15.8. The smallest absolute Gasteiger partial charge is 0.280 e. The highest BCUT2D eigenvalue weighted by Crippen LogP contribution is 2.26. The van der Waals surface area contributed by atoms with Crippen LogP contribution in [-0.2, 0) is 0 Å². The maximum absolute atomic E-state index is 12.2. The van der Waals surface area contributed by atoms with Gasteiger partial charge in [0.1, 0.15) is 0 Å². The average molecular weight is 240 g/mol. The van der Waals surface area contributed by atoms with E-state index in [2.05, 4.69) is 14.9 Å². The van der Waals surface area contributed by atoms with Gasteiger partial charge in [-0.15, -0.1) is 0 Å². The van der Waals surface area contributed by atoms with Gasteiger partial charge in [-0.25, -0.2) is 4.63 Å². The summed E-state index contributed by atoms with van der Waals surface area (Å²) in [6.07, 6.45) is 3.65. The molecule has 1 fully saturated rings. The van der Waals surface area contributed by atoms with E-state index in [4.69, 9.17) is 10.8 Å². The van der Waals surface area contributed by atoms with Gasteiger partial charge in [0.25, 0.3) is 5.91 Å². The molecule has 2 rings (SSSR count). The van der Waals surface area contributed by atoms with Crippen molar-refractivity contribution in [3.05, 3.63) is 5.69 Å². The van der Waals surface area contributed by atoms with Crippen molar-refractivity contribution in [2.24, 2.45) is 0 Å². The lowest BCUT2D eigenvalue weighted by atomic mass is 9.91. The third-order valence-corrected chi connectivity index (χ3v) is 3.05. The number of nitrogens with zero attached hydrogens (tertiary/aromatic N) is 3. The van der Waals surface area contributed by atoms with Gasteiger partial charge < -0.3 is 15.7 Å². The van der Waals surface area contributed by atoms with Gasteiger partial charge in [0.15, 0.2) is 0 Å². The Morgan fingerprint density at radius 3 is 2.76 bits per heavy atom. The van der Waals surface area contributed by atoms with Crippen LogP contribution in [0, 0.1) is 0 Å². The Balaban J connectivity index is 2.09. The Morgan fingerprint density at radius 1 is 1.53 bits per heavy atom. The van der Waals surface area contributed by atoms with Crippen LogP contribution in [0.4, 0.5) is 5.82 Å². The standard InChI is InChI=1S/C10H16N4O3/c11-9-8(12-17-13-9)10(16)14(5-2-6-15)7-3-1-4-7/h7,15H,1-6H2,(H2,11,13). The number of aliphatic hydroxyl groups excluding tert-OH is 1. The van der Waals surface area contributed by atoms with Crippen LogP contribution in [-0.4, -0.2) is 45.4 Å². The highest BCUT2D eigenvalue weighted by Gasteiger charge is 2.31. The highest BCUT2D eigenvalue weighted by atomic mass is 16.6. The zero-order valence-electron chi connectivity index (χ0n) is 9.50. The minimum atomic E-state index is -0.262. The summed E-state index contributed by atoms with van der Waals surface area (Å²) in [4.78, 5) is 13.9. The number of nitrogen functional groups attached to an aromatic ring is 1. The predicted octanol–water partition coefficient (Wildman–Crippen LogP) is 0.0289. The van der Waals surface area contributed by atoms with Crippen molar-refractivity contribution in [3.63, 3.8) is 0 Å². The van der Waals surface area contributed by atoms with E-state index >= 15 is 0 Å². The maximum Gasteiger partial charge on any atom is 0.280 e. The largest absolute Gasteiger partial charge is 0.396 e. The van der Waals surface area contributed by atoms with Gasteiger partial charge >= 0.3 is 0 Å². The van der Waals surface area contributed by atoms with E-state index < -0.39 is 0 Å². The summed E-state index contributed by atoms with van der Waals surface area (Å²) < 4.78 is 4.43. The van der Waals surface area contributed by atoms with Crippen molar-refractivity contribution in [1.82, 2.24) is 15.2 Å². The third-order valence-electron chi connectivity index (χ3n) is 3.05. The zero-order valence-corrected chi connectivity index (χ0v) is 9.50. The first-order valence-electron chi connectivity index (χ1n) is 5.74. The van der Waals surface area contributed by atoms with Crippen LogP contribution in [0.3, 0.4) is 0 Å². The predicted molar refractivity (Wildman–Crippen MR) is 59.1 cm³/mol. The molecule has 0 aliphatic heterocycles. The topological polar surface area (TPSA) is 105 Å². The lowest BCUT2D eigenvalue weighted by Crippen LogP contribution is -2.45. The monoisotopic (exact) mass is 240 g/mol. The van der Waals surface area contributed by atoms with Crippen LogP contribution >= 0.6 is 0 Å². The molecule has 0 atom stereocenters. The fraction of sp³-hybridized carbons (Fsp3) is 0.700. The highest BCUT2D eigenvalue weighted by molar-refractivity contribution is 5.96. The SMILES string of the molecule is Nc1nonc1C(=O)N(CCCO)C1CCC1. The zero-order chi connectivity index (χ0) is 12.3. The summed E-state index contributed by atoms with van der Waals surface area (Å²) in [5.41, 5.74) is 5.57. The van der Waals surface area contributed by atoms with Crippen molar-refractivity contribution in [2.45, 2.75) is 31.7 Å². The molecule has 3 N–H and O–H groups in total. The molecule has 0 aromatic carbocycles. The van der Waals surface area contributed by atoms with Crippen molar-refractivity contribution in [2.75, 3.05) is 18.9 Å². The number of aliphatic hydroxyl groups is 1. The number of nitrogens with two attached hydrogens (primary N) is 1. The molecule has 1 aliphatic rings. The third kappa shape index (κ3) is 2.38. The summed E-state index contributed by atoms with van der Waals surface area (Å²) in [7, 11) is 0. The number of anilines is 1. The van der Waals surface area contributed by atoms with Crippen LogP contribution < -0.4 is 5.73 Å². The molecule has 7 heteroatoms. The number of hydrogen-bond donors (Lipinski definition) is 2. The summed E-state index contributed by atoms with van der Waals surface area (Å²) in [5.74, 6) is -0.245. The molecule has 0 bridgehead atoms. The molecule has 94 valence electrons. The fourth-order valence-electron chi connectivity index (χ4n) is 1.87. The number of amides is 1. The molecule has 0 radical (unpaired) electrons. The van der Waals surface area contributed by atoms with Crippen LogP contribution in [0.15, 0.2) is 4.63 Å². The summed E-state index contributed by atoms with van der Waals surface area (Å²) >= 11 is 0. The first-order chi connectivity index (χ1) is 8.24. The molecule has 0 unspecified atom stereocenters. The number of carbonyl (C=O) groups is 1. The molecule has 0 saturated heterocycles. The lowest BCUT2D eigenvalue weighted by molar-refractivity contribution is 0.0552. The molecule has 1 aromatic rings. The van der Waals surface area contributed by atoms with Crippen LogP contribution in [0.1, 0.15) is 36.2 Å². The molecule has 1 aliphatic carbocycles. The Kier molecular flexibility index (Phi) is 3.58. The van der Waals surface area contributed by atoms with E-state index in [0.29, 0.717) is 13.0 Å². The molecule has 17 heavy (non-hydrogen) atoms. The summed E-state index contributed by atoms with van der Waals surface area (Å²) in [6, 6.07) is 0.227. The van der Waals surface area contributed by atoms with E-state index in [1.807, 2.05) is 0 Å². The van der Waals surface area contributed by atoms with Gasteiger partial charge in [-0.3, -0.25) is 4.79 Å². The molecule has 1 saturated carbocycles. The average Bonchev–Trinajstić information content (AvgIpc) is 2.67. The van der Waals surface area contributed by atoms with Crippen LogP contribution in [0.25, 0.3) is 0 Å². The van der Waals surface area contributed by atoms with Gasteiger partial charge in [-0.1, -0.05) is 0 Å². The molecule has 1 heterocycles. The Morgan fingerprint density at radius 2 is 2.29 bits per heavy atom. The lowest BCUT2D eigenvalue weighted by Gasteiger charge is -2.37. The molecule has 1 amide bonds. The fourth-order valence-corrected chi connectivity index (χ4v) is 1.87. The minimum absolute atomic E-state index is 0.0170. The van der Waals surface area contributed by atoms with Gasteiger partial charge in [-0.05, 0) is 36.0 Å². The summed E-state index contributed by atoms with van der Waals surface area (Å²) in [6.45, 7) is 0.565. The van der Waals surface area contributed by atoms with E-state index in [-0.39, 0.29) is 30.1 Å². The maximum atomic E-state index is 12.2. The Bertz CT molecular complexity index is 389. The van der Waals surface area contributed by atoms with Crippen molar-refractivity contribution in [3.8, 4) is 0 Å². The van der Waals surface area contributed by atoms with Crippen LogP contribution in [0.5, 0.6) is 0 Å². The molecular weight excluding hydrogens is 224 g/mol. The first-order valence-corrected chi connectivity index (χ1v) is 5.74. The number of aromatic nitrogens is 2. The van der Waals surface area contributed by atoms with Crippen molar-refractivity contribution < 1.29 is 14.5 Å². The number of rotatable bonds is 5. The second-order valence-corrected chi connectivity index (χ2v) is 4.16. The normalized spacial score (nSPS) is 15.6. The van der Waals surface area contributed by atoms with Crippen molar-refractivity contribution in [1.29, 1.82) is 0 Å². The first kappa shape index (κ1) is 11.8. The second kappa shape index (κ2) is 5.13. The van der Waals surface area contributed by atoms with Crippen LogP contribution in [0.2, 0.25) is 0 Å². The molecule has 7 nitrogen and oxygen atoms in total. The van der Waals surface area contributed by atoms with E-state index in [9.17, 15) is 4.79 Å². The van der Waals surface area contributed by atoms with E-state index in [1.165, 1.54) is 0 Å².